The summed E-state index contributed by atoms with van der Waals surface area (Å²) in [6.07, 6.45) is 2.94. The molecule has 0 fully saturated rings. The molecule has 2 rings (SSSR count). The summed E-state index contributed by atoms with van der Waals surface area (Å²) in [5, 5.41) is 0. The number of halogens is 3. The smallest absolute Gasteiger partial charge is 0.428 e. The van der Waals surface area contributed by atoms with Crippen LogP contribution in [-0.4, -0.2) is 34.8 Å². The van der Waals surface area contributed by atoms with Gasteiger partial charge in [-0.15, -0.1) is 0 Å². The maximum absolute atomic E-state index is 13.0. The number of alkyl halides is 3. The lowest BCUT2D eigenvalue weighted by molar-refractivity contribution is -0.227. The Morgan fingerprint density at radius 3 is 2.19 bits per heavy atom. The van der Waals surface area contributed by atoms with Crippen LogP contribution in [0.2, 0.25) is 0 Å². The first-order chi connectivity index (χ1) is 14.8. The molecule has 0 aliphatic rings. The largest absolute Gasteiger partial charge is 0.459 e. The van der Waals surface area contributed by atoms with Crippen molar-refractivity contribution in [3.8, 4) is 17.1 Å². The van der Waals surface area contributed by atoms with Crippen LogP contribution in [0.5, 0.6) is 6.01 Å². The molecular weight excluding hydrogens is 409 g/mol. The third-order valence-electron chi connectivity index (χ3n) is 4.78. The molecule has 0 saturated heterocycles. The number of hydrogen-bond donors (Lipinski definition) is 0. The first-order valence-electron chi connectivity index (χ1n) is 10.6. The predicted molar refractivity (Wildman–Crippen MR) is 112 cm³/mol. The van der Waals surface area contributed by atoms with Gasteiger partial charge in [-0.05, 0) is 24.0 Å². The van der Waals surface area contributed by atoms with Crippen LogP contribution in [0.4, 0.5) is 13.2 Å². The monoisotopic (exact) mass is 438 g/mol. The van der Waals surface area contributed by atoms with Gasteiger partial charge in [0.1, 0.15) is 6.61 Å². The lowest BCUT2D eigenvalue weighted by atomic mass is 10.0. The van der Waals surface area contributed by atoms with Crippen molar-refractivity contribution < 1.29 is 27.4 Å². The second kappa shape index (κ2) is 12.3. The van der Waals surface area contributed by atoms with Gasteiger partial charge in [0.2, 0.25) is 6.10 Å². The van der Waals surface area contributed by atoms with Gasteiger partial charge < -0.3 is 9.47 Å². The molecule has 0 radical (unpaired) electrons. The number of rotatable bonds is 12. The summed E-state index contributed by atoms with van der Waals surface area (Å²) in [4.78, 5) is 19.1. The topological polar surface area (TPSA) is 61.3 Å². The number of hydrogen-bond acceptors (Lipinski definition) is 5. The summed E-state index contributed by atoms with van der Waals surface area (Å²) in [5.74, 6) is -0.952. The molecule has 0 aliphatic carbocycles. The Morgan fingerprint density at radius 1 is 0.968 bits per heavy atom. The highest BCUT2D eigenvalue weighted by molar-refractivity contribution is 5.69. The van der Waals surface area contributed by atoms with E-state index in [0.717, 1.165) is 17.5 Å². The lowest BCUT2D eigenvalue weighted by Crippen LogP contribution is -2.38. The van der Waals surface area contributed by atoms with Crippen LogP contribution >= 0.6 is 0 Å². The maximum atomic E-state index is 13.0. The van der Waals surface area contributed by atoms with Crippen molar-refractivity contribution in [1.82, 2.24) is 9.97 Å². The van der Waals surface area contributed by atoms with Gasteiger partial charge in [0, 0.05) is 24.4 Å². The average Bonchev–Trinajstić information content (AvgIpc) is 2.76. The molecule has 0 amide bonds. The number of nitrogens with zero attached hydrogens (tertiary/aromatic N) is 2. The maximum Gasteiger partial charge on any atom is 0.428 e. The van der Waals surface area contributed by atoms with Gasteiger partial charge >= 0.3 is 18.2 Å². The molecule has 1 unspecified atom stereocenters. The van der Waals surface area contributed by atoms with E-state index >= 15 is 0 Å². The van der Waals surface area contributed by atoms with E-state index < -0.39 is 24.9 Å². The third kappa shape index (κ3) is 8.55. The molecule has 0 bridgehead atoms. The van der Waals surface area contributed by atoms with Gasteiger partial charge in [0.25, 0.3) is 0 Å². The second-order valence-electron chi connectivity index (χ2n) is 7.30. The number of esters is 1. The Hall–Kier alpha value is -2.64. The van der Waals surface area contributed by atoms with Crippen molar-refractivity contribution in [1.29, 1.82) is 0 Å². The molecule has 8 heteroatoms. The Balaban J connectivity index is 1.90. The minimum atomic E-state index is -4.73. The second-order valence-corrected chi connectivity index (χ2v) is 7.30. The number of unbranched alkanes of at least 4 members (excludes halogenated alkanes) is 4. The van der Waals surface area contributed by atoms with E-state index in [1.165, 1.54) is 57.0 Å². The normalized spacial score (nSPS) is 12.4. The van der Waals surface area contributed by atoms with E-state index in [4.69, 9.17) is 4.74 Å². The standard InChI is InChI=1S/C23H29F3N2O3/c1-3-5-6-7-8-9-17-10-12-18(13-11-17)19-14-27-22(28-15-19)30-16-20(23(24,25)26)31-21(29)4-2/h10-15,20H,3-9,16H2,1-2H3. The van der Waals surface area contributed by atoms with E-state index in [1.807, 2.05) is 12.1 Å². The number of carbonyl (C=O) groups is 1. The average molecular weight is 438 g/mol. The molecule has 1 atom stereocenters. The molecule has 0 spiro atoms. The van der Waals surface area contributed by atoms with Crippen LogP contribution < -0.4 is 4.74 Å². The molecule has 2 aromatic rings. The summed E-state index contributed by atoms with van der Waals surface area (Å²) in [7, 11) is 0. The van der Waals surface area contributed by atoms with E-state index in [0.29, 0.717) is 0 Å². The predicted octanol–water partition coefficient (Wildman–Crippen LogP) is 5.92. The quantitative estimate of drug-likeness (QED) is 0.304. The number of aromatic nitrogens is 2. The molecule has 31 heavy (non-hydrogen) atoms. The molecule has 1 aromatic heterocycles. The third-order valence-corrected chi connectivity index (χ3v) is 4.78. The zero-order chi connectivity index (χ0) is 22.7. The van der Waals surface area contributed by atoms with Crippen LogP contribution in [-0.2, 0) is 16.0 Å². The van der Waals surface area contributed by atoms with Crippen molar-refractivity contribution in [2.75, 3.05) is 6.61 Å². The number of aryl methyl sites for hydroxylation is 1. The Bertz CT molecular complexity index is 793. The highest BCUT2D eigenvalue weighted by Crippen LogP contribution is 2.24. The molecular formula is C23H29F3N2O3. The van der Waals surface area contributed by atoms with E-state index in [-0.39, 0.29) is 12.4 Å². The fraction of sp³-hybridized carbons (Fsp3) is 0.522. The molecule has 0 saturated carbocycles. The van der Waals surface area contributed by atoms with Crippen LogP contribution in [0.15, 0.2) is 36.7 Å². The van der Waals surface area contributed by atoms with E-state index in [2.05, 4.69) is 33.8 Å². The summed E-state index contributed by atoms with van der Waals surface area (Å²) in [5.41, 5.74) is 2.90. The molecule has 1 heterocycles. The van der Waals surface area contributed by atoms with Crippen molar-refractivity contribution in [3.63, 3.8) is 0 Å². The van der Waals surface area contributed by atoms with E-state index in [9.17, 15) is 18.0 Å². The van der Waals surface area contributed by atoms with E-state index in [1.54, 1.807) is 0 Å². The molecule has 0 N–H and O–H groups in total. The van der Waals surface area contributed by atoms with Gasteiger partial charge in [-0.3, -0.25) is 4.79 Å². The van der Waals surface area contributed by atoms with Gasteiger partial charge in [0.15, 0.2) is 0 Å². The number of ether oxygens (including phenoxy) is 2. The SMILES string of the molecule is CCCCCCCc1ccc(-c2cnc(OCC(OC(=O)CC)C(F)(F)F)nc2)cc1. The van der Waals surface area contributed by atoms with Crippen LogP contribution in [0.1, 0.15) is 57.9 Å². The first-order valence-corrected chi connectivity index (χ1v) is 10.6. The Morgan fingerprint density at radius 2 is 1.61 bits per heavy atom. The highest BCUT2D eigenvalue weighted by atomic mass is 19.4. The minimum absolute atomic E-state index is 0.157. The van der Waals surface area contributed by atoms with Gasteiger partial charge in [-0.1, -0.05) is 63.8 Å². The highest BCUT2D eigenvalue weighted by Gasteiger charge is 2.43. The van der Waals surface area contributed by atoms with Crippen LogP contribution in [0, 0.1) is 0 Å². The molecule has 170 valence electrons. The first kappa shape index (κ1) is 24.6. The van der Waals surface area contributed by atoms with Crippen molar-refractivity contribution >= 4 is 5.97 Å². The summed E-state index contributed by atoms with van der Waals surface area (Å²) >= 11 is 0. The Labute approximate surface area is 181 Å². The van der Waals surface area contributed by atoms with Crippen LogP contribution in [0.3, 0.4) is 0 Å². The summed E-state index contributed by atoms with van der Waals surface area (Å²) in [6, 6.07) is 7.87. The van der Waals surface area contributed by atoms with Crippen molar-refractivity contribution in [3.05, 3.63) is 42.2 Å². The summed E-state index contributed by atoms with van der Waals surface area (Å²) in [6.45, 7) is 2.71. The van der Waals surface area contributed by atoms with Gasteiger partial charge in [-0.2, -0.15) is 13.2 Å². The summed E-state index contributed by atoms with van der Waals surface area (Å²) < 4.78 is 48.3. The van der Waals surface area contributed by atoms with Gasteiger partial charge in [-0.25, -0.2) is 9.97 Å². The van der Waals surface area contributed by atoms with Crippen LogP contribution in [0.25, 0.3) is 11.1 Å². The zero-order valence-electron chi connectivity index (χ0n) is 18.0. The number of benzene rings is 1. The fourth-order valence-electron chi connectivity index (χ4n) is 2.92. The zero-order valence-corrected chi connectivity index (χ0v) is 18.0. The Kier molecular flexibility index (Phi) is 9.75. The van der Waals surface area contributed by atoms with Crippen molar-refractivity contribution in [2.24, 2.45) is 0 Å². The molecule has 0 aliphatic heterocycles. The lowest BCUT2D eigenvalue weighted by Gasteiger charge is -2.20. The number of carbonyl (C=O) groups excluding carboxylic acids is 1. The minimum Gasteiger partial charge on any atom is -0.459 e. The fourth-order valence-corrected chi connectivity index (χ4v) is 2.92. The van der Waals surface area contributed by atoms with Crippen molar-refractivity contribution in [2.45, 2.75) is 71.1 Å². The molecule has 1 aromatic carbocycles. The van der Waals surface area contributed by atoms with Gasteiger partial charge in [0.05, 0.1) is 0 Å². The molecule has 5 nitrogen and oxygen atoms in total.